The monoisotopic (exact) mass is 454 g/mol. The van der Waals surface area contributed by atoms with Crippen LogP contribution in [0.1, 0.15) is 19.3 Å². The number of unbranched alkanes of at least 4 members (excludes halogenated alkanes) is 2. The normalized spacial score (nSPS) is 11.2. The van der Waals surface area contributed by atoms with Crippen molar-refractivity contribution in [2.75, 3.05) is 11.5 Å². The molecule has 0 aliphatic rings. The van der Waals surface area contributed by atoms with E-state index < -0.39 is 0 Å². The first-order valence-corrected chi connectivity index (χ1v) is 10.9. The zero-order valence-corrected chi connectivity index (χ0v) is 18.5. The largest absolute Gasteiger partial charge is 0.369 e. The van der Waals surface area contributed by atoms with Gasteiger partial charge in [0.25, 0.3) is 0 Å². The number of halogens is 2. The Bertz CT molecular complexity index is 1050. The molecule has 8 heteroatoms. The van der Waals surface area contributed by atoms with E-state index in [1.54, 1.807) is 0 Å². The van der Waals surface area contributed by atoms with Gasteiger partial charge in [-0.25, -0.2) is 9.97 Å². The minimum atomic E-state index is 0.522. The summed E-state index contributed by atoms with van der Waals surface area (Å²) in [4.78, 5) is 8.57. The van der Waals surface area contributed by atoms with Crippen LogP contribution in [0.3, 0.4) is 0 Å². The summed E-state index contributed by atoms with van der Waals surface area (Å²) in [6.07, 6.45) is 6.60. The summed E-state index contributed by atoms with van der Waals surface area (Å²) in [5.74, 6) is 1.04. The predicted octanol–water partition coefficient (Wildman–Crippen LogP) is 5.76. The van der Waals surface area contributed by atoms with Crippen molar-refractivity contribution in [3.63, 3.8) is 0 Å². The molecule has 2 aromatic heterocycles. The zero-order chi connectivity index (χ0) is 21.8. The fourth-order valence-corrected chi connectivity index (χ4v) is 3.92. The van der Waals surface area contributed by atoms with Crippen LogP contribution in [0.2, 0.25) is 10.0 Å². The van der Waals surface area contributed by atoms with Crippen LogP contribution in [0.15, 0.2) is 60.9 Å². The Morgan fingerprint density at radius 3 is 1.39 bits per heavy atom. The van der Waals surface area contributed by atoms with Gasteiger partial charge in [0.2, 0.25) is 11.9 Å². The van der Waals surface area contributed by atoms with Crippen LogP contribution < -0.4 is 11.5 Å². The van der Waals surface area contributed by atoms with Gasteiger partial charge in [-0.2, -0.15) is 0 Å². The standard InChI is InChI=1S/C23H24Cl2N6/c24-18-8-4-16(5-9-18)20-14-28-22(26)30(20)12-2-1-3-13-31-21(15-29-23(31)27)17-6-10-19(25)11-7-17/h4-11,14-15H,1-3,12-13H2,(H2,26,28)(H2,27,29). The summed E-state index contributed by atoms with van der Waals surface area (Å²) in [6.45, 7) is 1.60. The predicted molar refractivity (Wildman–Crippen MR) is 128 cm³/mol. The fourth-order valence-electron chi connectivity index (χ4n) is 3.67. The first kappa shape index (κ1) is 21.3. The molecule has 4 rings (SSSR count). The summed E-state index contributed by atoms with van der Waals surface area (Å²) in [5.41, 5.74) is 16.3. The maximum absolute atomic E-state index is 6.10. The summed E-state index contributed by atoms with van der Waals surface area (Å²) < 4.78 is 4.10. The minimum absolute atomic E-state index is 0.522. The average molecular weight is 455 g/mol. The molecule has 31 heavy (non-hydrogen) atoms. The molecule has 0 aliphatic heterocycles. The molecule has 0 amide bonds. The van der Waals surface area contributed by atoms with Crippen LogP contribution in [0, 0.1) is 0 Å². The topological polar surface area (TPSA) is 87.7 Å². The van der Waals surface area contributed by atoms with E-state index in [2.05, 4.69) is 9.97 Å². The van der Waals surface area contributed by atoms with Crippen LogP contribution in [-0.4, -0.2) is 19.1 Å². The molecular formula is C23H24Cl2N6. The van der Waals surface area contributed by atoms with E-state index in [4.69, 9.17) is 34.7 Å². The van der Waals surface area contributed by atoms with Crippen LogP contribution in [0.4, 0.5) is 11.9 Å². The van der Waals surface area contributed by atoms with Crippen LogP contribution in [-0.2, 0) is 13.1 Å². The highest BCUT2D eigenvalue weighted by Crippen LogP contribution is 2.26. The Kier molecular flexibility index (Phi) is 6.49. The number of rotatable bonds is 8. The second kappa shape index (κ2) is 9.45. The molecule has 0 aliphatic carbocycles. The lowest BCUT2D eigenvalue weighted by molar-refractivity contribution is 0.554. The molecule has 4 N–H and O–H groups in total. The number of anilines is 2. The summed E-state index contributed by atoms with van der Waals surface area (Å²) >= 11 is 12.0. The van der Waals surface area contributed by atoms with Crippen molar-refractivity contribution in [2.45, 2.75) is 32.4 Å². The van der Waals surface area contributed by atoms with Crippen molar-refractivity contribution in [2.24, 2.45) is 0 Å². The quantitative estimate of drug-likeness (QED) is 0.331. The van der Waals surface area contributed by atoms with Gasteiger partial charge in [-0.1, -0.05) is 47.5 Å². The second-order valence-electron chi connectivity index (χ2n) is 7.38. The lowest BCUT2D eigenvalue weighted by Gasteiger charge is -2.12. The second-order valence-corrected chi connectivity index (χ2v) is 8.25. The summed E-state index contributed by atoms with van der Waals surface area (Å²) in [7, 11) is 0. The van der Waals surface area contributed by atoms with Crippen LogP contribution in [0.5, 0.6) is 0 Å². The summed E-state index contributed by atoms with van der Waals surface area (Å²) in [6, 6.07) is 15.4. The van der Waals surface area contributed by atoms with Gasteiger partial charge in [0.05, 0.1) is 23.8 Å². The Balaban J connectivity index is 1.36. The Labute approximate surface area is 191 Å². The number of benzene rings is 2. The third kappa shape index (κ3) is 4.86. The van der Waals surface area contributed by atoms with Crippen molar-refractivity contribution in [1.29, 1.82) is 0 Å². The maximum atomic E-state index is 6.10. The van der Waals surface area contributed by atoms with Gasteiger partial charge in [0.15, 0.2) is 0 Å². The van der Waals surface area contributed by atoms with E-state index in [0.717, 1.165) is 54.9 Å². The van der Waals surface area contributed by atoms with E-state index in [0.29, 0.717) is 21.9 Å². The van der Waals surface area contributed by atoms with Crippen molar-refractivity contribution in [1.82, 2.24) is 19.1 Å². The Morgan fingerprint density at radius 2 is 1.00 bits per heavy atom. The SMILES string of the molecule is Nc1ncc(-c2ccc(Cl)cc2)n1CCCCCn1c(-c2ccc(Cl)cc2)cnc1N. The smallest absolute Gasteiger partial charge is 0.200 e. The van der Waals surface area contributed by atoms with E-state index in [1.807, 2.05) is 70.1 Å². The molecule has 0 bridgehead atoms. The van der Waals surface area contributed by atoms with E-state index >= 15 is 0 Å². The third-order valence-corrected chi connectivity index (χ3v) is 5.82. The minimum Gasteiger partial charge on any atom is -0.369 e. The van der Waals surface area contributed by atoms with Gasteiger partial charge in [-0.05, 0) is 54.7 Å². The molecule has 0 saturated heterocycles. The first-order valence-electron chi connectivity index (χ1n) is 10.2. The van der Waals surface area contributed by atoms with Crippen molar-refractivity contribution < 1.29 is 0 Å². The molecule has 0 radical (unpaired) electrons. The molecule has 2 aromatic carbocycles. The van der Waals surface area contributed by atoms with Crippen LogP contribution >= 0.6 is 23.2 Å². The number of nitrogens with two attached hydrogens (primary N) is 2. The molecule has 0 unspecified atom stereocenters. The molecular weight excluding hydrogens is 431 g/mol. The lowest BCUT2D eigenvalue weighted by Crippen LogP contribution is -2.07. The van der Waals surface area contributed by atoms with Gasteiger partial charge < -0.3 is 20.6 Å². The molecule has 0 atom stereocenters. The molecule has 160 valence electrons. The Morgan fingerprint density at radius 1 is 0.613 bits per heavy atom. The highest BCUT2D eigenvalue weighted by Gasteiger charge is 2.11. The Hall–Kier alpha value is -2.96. The number of nitrogen functional groups attached to an aromatic ring is 2. The lowest BCUT2D eigenvalue weighted by atomic mass is 10.1. The number of imidazole rings is 2. The number of nitrogens with zero attached hydrogens (tertiary/aromatic N) is 4. The summed E-state index contributed by atoms with van der Waals surface area (Å²) in [5, 5.41) is 1.42. The van der Waals surface area contributed by atoms with Crippen molar-refractivity contribution >= 4 is 35.1 Å². The van der Waals surface area contributed by atoms with Gasteiger partial charge in [0.1, 0.15) is 0 Å². The third-order valence-electron chi connectivity index (χ3n) is 5.32. The molecule has 6 nitrogen and oxygen atoms in total. The van der Waals surface area contributed by atoms with Crippen molar-refractivity contribution in [3.8, 4) is 22.5 Å². The van der Waals surface area contributed by atoms with E-state index in [-0.39, 0.29) is 0 Å². The number of hydrogen-bond donors (Lipinski definition) is 2. The highest BCUT2D eigenvalue weighted by molar-refractivity contribution is 6.30. The maximum Gasteiger partial charge on any atom is 0.200 e. The van der Waals surface area contributed by atoms with Crippen molar-refractivity contribution in [3.05, 3.63) is 71.0 Å². The number of hydrogen-bond acceptors (Lipinski definition) is 4. The van der Waals surface area contributed by atoms with Gasteiger partial charge in [-0.3, -0.25) is 0 Å². The highest BCUT2D eigenvalue weighted by atomic mass is 35.5. The molecule has 0 spiro atoms. The van der Waals surface area contributed by atoms with Gasteiger partial charge in [-0.15, -0.1) is 0 Å². The first-order chi connectivity index (χ1) is 15.0. The molecule has 0 saturated carbocycles. The van der Waals surface area contributed by atoms with Gasteiger partial charge in [0, 0.05) is 23.1 Å². The fraction of sp³-hybridized carbons (Fsp3) is 0.217. The van der Waals surface area contributed by atoms with E-state index in [1.165, 1.54) is 0 Å². The molecule has 4 aromatic rings. The van der Waals surface area contributed by atoms with Crippen LogP contribution in [0.25, 0.3) is 22.5 Å². The average Bonchev–Trinajstić information content (AvgIpc) is 3.32. The zero-order valence-electron chi connectivity index (χ0n) is 17.0. The van der Waals surface area contributed by atoms with E-state index in [9.17, 15) is 0 Å². The number of aromatic nitrogens is 4. The molecule has 2 heterocycles. The van der Waals surface area contributed by atoms with Gasteiger partial charge >= 0.3 is 0 Å². The molecule has 0 fully saturated rings.